The minimum atomic E-state index is -1.79. The van der Waals surface area contributed by atoms with Crippen LogP contribution in [0.1, 0.15) is 239 Å². The maximum atomic E-state index is 13.3. The van der Waals surface area contributed by atoms with Gasteiger partial charge in [-0.05, 0) is 70.6 Å². The molecule has 14 heteroatoms. The molecule has 0 bridgehead atoms. The van der Waals surface area contributed by atoms with Crippen LogP contribution < -0.4 is 5.32 Å². The van der Waals surface area contributed by atoms with Crippen LogP contribution in [0.5, 0.6) is 0 Å². The molecule has 1 amide bonds. The normalized spacial score (nSPS) is 24.7. The van der Waals surface area contributed by atoms with Crippen LogP contribution in [-0.2, 0) is 23.7 Å². The summed E-state index contributed by atoms with van der Waals surface area (Å²) in [6.07, 6.45) is 53.3. The molecule has 2 fully saturated rings. The average molecular weight is 1140 g/mol. The number of nitrogens with one attached hydrogen (secondary N) is 1. The van der Waals surface area contributed by atoms with Gasteiger partial charge in [-0.15, -0.1) is 0 Å². The second kappa shape index (κ2) is 51.6. The molecular weight excluding hydrogens is 1030 g/mol. The Hall–Kier alpha value is -2.83. The molecule has 81 heavy (non-hydrogen) atoms. The van der Waals surface area contributed by atoms with Crippen LogP contribution >= 0.6 is 0 Å². The minimum absolute atomic E-state index is 0.246. The van der Waals surface area contributed by atoms with Gasteiger partial charge in [0, 0.05) is 6.42 Å². The molecule has 2 aliphatic heterocycles. The van der Waals surface area contributed by atoms with Gasteiger partial charge in [0.25, 0.3) is 0 Å². The summed E-state index contributed by atoms with van der Waals surface area (Å²) < 4.78 is 22.8. The third-order valence-electron chi connectivity index (χ3n) is 15.3. The van der Waals surface area contributed by atoms with Crippen molar-refractivity contribution in [1.82, 2.24) is 5.32 Å². The highest BCUT2D eigenvalue weighted by Crippen LogP contribution is 2.30. The fourth-order valence-corrected chi connectivity index (χ4v) is 10.2. The van der Waals surface area contributed by atoms with E-state index in [1.807, 2.05) is 6.08 Å². The highest BCUT2D eigenvalue weighted by atomic mass is 16.7. The average Bonchev–Trinajstić information content (AvgIpc) is 3.47. The van der Waals surface area contributed by atoms with Gasteiger partial charge < -0.3 is 65.1 Å². The second-order valence-corrected chi connectivity index (χ2v) is 22.5. The lowest BCUT2D eigenvalue weighted by Gasteiger charge is -2.46. The van der Waals surface area contributed by atoms with Gasteiger partial charge in [0.15, 0.2) is 12.6 Å². The Balaban J connectivity index is 1.71. The van der Waals surface area contributed by atoms with Gasteiger partial charge in [0.2, 0.25) is 5.91 Å². The molecule has 468 valence electrons. The van der Waals surface area contributed by atoms with Crippen molar-refractivity contribution in [2.45, 2.75) is 312 Å². The van der Waals surface area contributed by atoms with Gasteiger partial charge in [-0.2, -0.15) is 0 Å². The maximum Gasteiger partial charge on any atom is 0.220 e. The predicted octanol–water partition coefficient (Wildman–Crippen LogP) is 12.1. The summed E-state index contributed by atoms with van der Waals surface area (Å²) in [5.74, 6) is -0.246. The smallest absolute Gasteiger partial charge is 0.220 e. The van der Waals surface area contributed by atoms with E-state index >= 15 is 0 Å². The van der Waals surface area contributed by atoms with E-state index in [-0.39, 0.29) is 18.9 Å². The zero-order valence-electron chi connectivity index (χ0n) is 50.5. The van der Waals surface area contributed by atoms with Crippen LogP contribution in [0.15, 0.2) is 85.1 Å². The second-order valence-electron chi connectivity index (χ2n) is 22.5. The number of hydrogen-bond donors (Lipinski definition) is 9. The lowest BCUT2D eigenvalue weighted by Crippen LogP contribution is -2.65. The number of carbonyl (C=O) groups is 1. The van der Waals surface area contributed by atoms with Crippen molar-refractivity contribution in [1.29, 1.82) is 0 Å². The largest absolute Gasteiger partial charge is 0.394 e. The molecule has 2 heterocycles. The van der Waals surface area contributed by atoms with Crippen molar-refractivity contribution >= 4 is 5.91 Å². The molecule has 2 aliphatic rings. The van der Waals surface area contributed by atoms with Crippen LogP contribution in [0, 0.1) is 0 Å². The van der Waals surface area contributed by atoms with E-state index in [0.717, 1.165) is 83.5 Å². The lowest BCUT2D eigenvalue weighted by molar-refractivity contribution is -0.359. The number of carbonyl (C=O) groups excluding carboxylic acids is 1. The van der Waals surface area contributed by atoms with Crippen LogP contribution in [-0.4, -0.2) is 140 Å². The zero-order chi connectivity index (χ0) is 58.8. The Labute approximate surface area is 491 Å². The van der Waals surface area contributed by atoms with Crippen molar-refractivity contribution in [3.63, 3.8) is 0 Å². The number of allylic oxidation sites excluding steroid dienone is 13. The third kappa shape index (κ3) is 36.6. The first-order valence-electron chi connectivity index (χ1n) is 32.3. The number of unbranched alkanes of at least 4 members (excludes halogenated alkanes) is 26. The zero-order valence-corrected chi connectivity index (χ0v) is 50.5. The van der Waals surface area contributed by atoms with E-state index < -0.39 is 86.8 Å². The number of amides is 1. The number of ether oxygens (including phenoxy) is 4. The van der Waals surface area contributed by atoms with Gasteiger partial charge in [0.1, 0.15) is 48.8 Å². The van der Waals surface area contributed by atoms with Crippen molar-refractivity contribution < 1.29 is 64.6 Å². The van der Waals surface area contributed by atoms with E-state index in [0.29, 0.717) is 6.42 Å². The fourth-order valence-electron chi connectivity index (χ4n) is 10.2. The first-order chi connectivity index (χ1) is 39.6. The van der Waals surface area contributed by atoms with Gasteiger partial charge in [0.05, 0.1) is 32.0 Å². The molecular formula is C67H117NO13. The molecule has 0 saturated carbocycles. The molecule has 12 atom stereocenters. The molecule has 0 aromatic rings. The number of aliphatic hydroxyl groups excluding tert-OH is 8. The SMILES string of the molecule is CC/C=C\C/C=C\C/C=C\C/C=C\C/C=C\C/C=C\CCCCCCCCCCCCC(=O)NC(COC1OC(CO)C(OC2OC(CO)C(O)C(O)C2O)C(O)C1O)C(O)/C=C/CCCCCCCCCCCCCCCCCC. The fraction of sp³-hybridized carbons (Fsp3) is 0.776. The lowest BCUT2D eigenvalue weighted by atomic mass is 9.97. The quantitative estimate of drug-likeness (QED) is 0.0204. The summed E-state index contributed by atoms with van der Waals surface area (Å²) in [6, 6.07) is -0.922. The first-order valence-corrected chi connectivity index (χ1v) is 32.3. The Morgan fingerprint density at radius 2 is 0.852 bits per heavy atom. The summed E-state index contributed by atoms with van der Waals surface area (Å²) in [5.41, 5.74) is 0. The molecule has 12 unspecified atom stereocenters. The molecule has 0 radical (unpaired) electrons. The van der Waals surface area contributed by atoms with Gasteiger partial charge in [-0.3, -0.25) is 4.79 Å². The molecule has 0 spiro atoms. The Bertz CT molecular complexity index is 1680. The highest BCUT2D eigenvalue weighted by molar-refractivity contribution is 5.76. The number of aliphatic hydroxyl groups is 8. The predicted molar refractivity (Wildman–Crippen MR) is 327 cm³/mol. The van der Waals surface area contributed by atoms with Crippen molar-refractivity contribution in [3.05, 3.63) is 85.1 Å². The van der Waals surface area contributed by atoms with Gasteiger partial charge in [-0.1, -0.05) is 247 Å². The minimum Gasteiger partial charge on any atom is -0.394 e. The van der Waals surface area contributed by atoms with E-state index in [4.69, 9.17) is 18.9 Å². The van der Waals surface area contributed by atoms with E-state index in [2.05, 4.69) is 92.1 Å². The molecule has 0 aliphatic carbocycles. The van der Waals surface area contributed by atoms with E-state index in [1.54, 1.807) is 6.08 Å². The highest BCUT2D eigenvalue weighted by Gasteiger charge is 2.51. The topological polar surface area (TPSA) is 228 Å². The van der Waals surface area contributed by atoms with Crippen LogP contribution in [0.3, 0.4) is 0 Å². The summed E-state index contributed by atoms with van der Waals surface area (Å²) >= 11 is 0. The van der Waals surface area contributed by atoms with Crippen molar-refractivity contribution in [2.24, 2.45) is 0 Å². The Kier molecular flexibility index (Phi) is 47.3. The number of hydrogen-bond acceptors (Lipinski definition) is 13. The van der Waals surface area contributed by atoms with Crippen molar-refractivity contribution in [2.75, 3.05) is 19.8 Å². The first kappa shape index (κ1) is 74.3. The molecule has 0 aromatic heterocycles. The standard InChI is InChI=1S/C67H117NO13/c1-3-5-7-9-11-13-15-17-19-21-23-24-25-26-27-28-29-30-31-32-33-35-37-39-41-43-45-47-49-51-59(72)68-55(56(71)50-48-46-44-42-40-38-36-34-22-20-18-16-14-12-10-8-6-4-2)54-78-66-64(77)62(75)65(58(53-70)80-66)81-67-63(76)61(74)60(73)57(52-69)79-67/h5,7,11,13,17,19,23-24,26-27,29-30,48,50,55-58,60-67,69-71,73-77H,3-4,6,8-10,12,14-16,18,20-22,25,28,31-47,49,51-54H2,1-2H3,(H,68,72)/b7-5-,13-11-,19-17-,24-23-,27-26-,30-29-,50-48+. The summed E-state index contributed by atoms with van der Waals surface area (Å²) in [5, 5.41) is 87.3. The molecule has 14 nitrogen and oxygen atoms in total. The third-order valence-corrected chi connectivity index (χ3v) is 15.3. The van der Waals surface area contributed by atoms with Crippen molar-refractivity contribution in [3.8, 4) is 0 Å². The van der Waals surface area contributed by atoms with E-state index in [9.17, 15) is 45.6 Å². The summed E-state index contributed by atoms with van der Waals surface area (Å²) in [4.78, 5) is 13.3. The summed E-state index contributed by atoms with van der Waals surface area (Å²) in [7, 11) is 0. The Morgan fingerprint density at radius 1 is 0.457 bits per heavy atom. The van der Waals surface area contributed by atoms with Gasteiger partial charge in [-0.25, -0.2) is 0 Å². The van der Waals surface area contributed by atoms with E-state index in [1.165, 1.54) is 128 Å². The maximum absolute atomic E-state index is 13.3. The molecule has 2 rings (SSSR count). The van der Waals surface area contributed by atoms with Crippen LogP contribution in [0.2, 0.25) is 0 Å². The molecule has 9 N–H and O–H groups in total. The Morgan fingerprint density at radius 3 is 1.31 bits per heavy atom. The molecule has 2 saturated heterocycles. The van der Waals surface area contributed by atoms with Gasteiger partial charge >= 0.3 is 0 Å². The molecule has 0 aromatic carbocycles. The monoisotopic (exact) mass is 1140 g/mol. The van der Waals surface area contributed by atoms with Crippen LogP contribution in [0.4, 0.5) is 0 Å². The summed E-state index contributed by atoms with van der Waals surface area (Å²) in [6.45, 7) is 2.69. The van der Waals surface area contributed by atoms with Crippen LogP contribution in [0.25, 0.3) is 0 Å². The number of rotatable bonds is 51.